The van der Waals surface area contributed by atoms with Gasteiger partial charge in [-0.05, 0) is 18.8 Å². The molecule has 9 N–H and O–H groups in total. The van der Waals surface area contributed by atoms with Crippen LogP contribution in [-0.2, 0) is 35.2 Å². The summed E-state index contributed by atoms with van der Waals surface area (Å²) in [5, 5.41) is 34.2. The highest BCUT2D eigenvalue weighted by Crippen LogP contribution is 2.08. The Labute approximate surface area is 206 Å². The molecule has 36 heavy (non-hydrogen) atoms. The zero-order chi connectivity index (χ0) is 27.4. The summed E-state index contributed by atoms with van der Waals surface area (Å²) in [5.41, 5.74) is 6.34. The van der Waals surface area contributed by atoms with Crippen molar-refractivity contribution in [2.75, 3.05) is 0 Å². The number of H-pyrrole nitrogens is 1. The van der Waals surface area contributed by atoms with Crippen LogP contribution < -0.4 is 21.7 Å². The van der Waals surface area contributed by atoms with Gasteiger partial charge in [-0.15, -0.1) is 0 Å². The van der Waals surface area contributed by atoms with Crippen LogP contribution in [0.1, 0.15) is 45.2 Å². The van der Waals surface area contributed by atoms with Gasteiger partial charge in [0.2, 0.25) is 17.7 Å². The van der Waals surface area contributed by atoms with E-state index in [2.05, 4.69) is 25.9 Å². The van der Waals surface area contributed by atoms with E-state index in [1.54, 1.807) is 13.8 Å². The van der Waals surface area contributed by atoms with Gasteiger partial charge in [-0.2, -0.15) is 0 Å². The smallest absolute Gasteiger partial charge is 0.326 e. The SMILES string of the molecule is CC(C)C[C@H](NC(=O)[C@H](CCC(=O)O)NC(=O)[C@H](CC(=O)O)NC(=O)[C@@H](N)Cc1cnc[nH]1)C(=O)O. The highest BCUT2D eigenvalue weighted by molar-refractivity contribution is 5.95. The van der Waals surface area contributed by atoms with Crippen molar-refractivity contribution in [2.45, 2.75) is 70.1 Å². The number of hydrogen-bond donors (Lipinski definition) is 8. The van der Waals surface area contributed by atoms with Crippen molar-refractivity contribution in [3.05, 3.63) is 18.2 Å². The Bertz CT molecular complexity index is 934. The van der Waals surface area contributed by atoms with Crippen LogP contribution in [0.3, 0.4) is 0 Å². The van der Waals surface area contributed by atoms with Crippen molar-refractivity contribution in [1.29, 1.82) is 0 Å². The Morgan fingerprint density at radius 2 is 1.50 bits per heavy atom. The summed E-state index contributed by atoms with van der Waals surface area (Å²) < 4.78 is 0. The van der Waals surface area contributed by atoms with E-state index < -0.39 is 79.1 Å². The molecular weight excluding hydrogens is 480 g/mol. The average Bonchev–Trinajstić information content (AvgIpc) is 3.27. The Balaban J connectivity index is 2.99. The maximum Gasteiger partial charge on any atom is 0.326 e. The normalized spacial score (nSPS) is 14.2. The molecule has 1 rings (SSSR count). The minimum Gasteiger partial charge on any atom is -0.481 e. The second-order valence-electron chi connectivity index (χ2n) is 8.57. The van der Waals surface area contributed by atoms with Crippen molar-refractivity contribution in [1.82, 2.24) is 25.9 Å². The standard InChI is InChI=1S/C21H32N6O9/c1-10(2)5-15(21(35)36)27-19(33)13(3-4-16(28)29)25-20(34)14(7-17(30)31)26-18(32)12(22)6-11-8-23-9-24-11/h8-10,12-15H,3-7,22H2,1-2H3,(H,23,24)(H,25,34)(H,26,32)(H,27,33)(H,28,29)(H,30,31)(H,35,36)/t12-,13-,14-,15-/m0/s1. The van der Waals surface area contributed by atoms with E-state index >= 15 is 0 Å². The molecule has 1 aromatic rings. The summed E-state index contributed by atoms with van der Waals surface area (Å²) in [6, 6.07) is -5.60. The number of nitrogens with one attached hydrogen (secondary N) is 4. The molecule has 0 saturated heterocycles. The number of rotatable bonds is 16. The minimum atomic E-state index is -1.64. The Hall–Kier alpha value is -4.01. The maximum atomic E-state index is 12.8. The van der Waals surface area contributed by atoms with Gasteiger partial charge in [0, 0.05) is 24.7 Å². The van der Waals surface area contributed by atoms with Crippen LogP contribution in [0, 0.1) is 5.92 Å². The molecule has 0 saturated carbocycles. The van der Waals surface area contributed by atoms with E-state index in [9.17, 15) is 39.0 Å². The van der Waals surface area contributed by atoms with E-state index in [1.807, 2.05) is 0 Å². The molecule has 0 aliphatic heterocycles. The third kappa shape index (κ3) is 10.9. The number of carbonyl (C=O) groups is 6. The summed E-state index contributed by atoms with van der Waals surface area (Å²) >= 11 is 0. The largest absolute Gasteiger partial charge is 0.481 e. The van der Waals surface area contributed by atoms with Crippen LogP contribution in [0.4, 0.5) is 0 Å². The topological polar surface area (TPSA) is 254 Å². The zero-order valence-corrected chi connectivity index (χ0v) is 19.9. The van der Waals surface area contributed by atoms with Crippen LogP contribution in [0.2, 0.25) is 0 Å². The highest BCUT2D eigenvalue weighted by Gasteiger charge is 2.32. The minimum absolute atomic E-state index is 0.0172. The van der Waals surface area contributed by atoms with Crippen molar-refractivity contribution in [3.63, 3.8) is 0 Å². The van der Waals surface area contributed by atoms with Gasteiger partial charge in [0.25, 0.3) is 0 Å². The van der Waals surface area contributed by atoms with E-state index in [-0.39, 0.29) is 18.8 Å². The molecule has 0 unspecified atom stereocenters. The van der Waals surface area contributed by atoms with Crippen molar-refractivity contribution in [2.24, 2.45) is 11.7 Å². The number of carboxylic acid groups (broad SMARTS) is 3. The third-order valence-corrected chi connectivity index (χ3v) is 4.94. The van der Waals surface area contributed by atoms with Crippen LogP contribution in [0.5, 0.6) is 0 Å². The molecular formula is C21H32N6O9. The fraction of sp³-hybridized carbons (Fsp3) is 0.571. The van der Waals surface area contributed by atoms with Gasteiger partial charge in [-0.25, -0.2) is 9.78 Å². The lowest BCUT2D eigenvalue weighted by Crippen LogP contribution is -2.57. The molecule has 15 heteroatoms. The van der Waals surface area contributed by atoms with E-state index in [4.69, 9.17) is 10.8 Å². The number of amides is 3. The predicted octanol–water partition coefficient (Wildman–Crippen LogP) is -1.80. The van der Waals surface area contributed by atoms with Crippen LogP contribution in [0.15, 0.2) is 12.5 Å². The Morgan fingerprint density at radius 1 is 0.917 bits per heavy atom. The second kappa shape index (κ2) is 14.4. The van der Waals surface area contributed by atoms with Crippen LogP contribution in [0.25, 0.3) is 0 Å². The molecule has 4 atom stereocenters. The van der Waals surface area contributed by atoms with Gasteiger partial charge in [0.15, 0.2) is 0 Å². The first kappa shape index (κ1) is 30.0. The van der Waals surface area contributed by atoms with E-state index in [1.165, 1.54) is 12.5 Å². The maximum absolute atomic E-state index is 12.8. The summed E-state index contributed by atoms with van der Waals surface area (Å²) in [4.78, 5) is 78.3. The number of imidazole rings is 1. The predicted molar refractivity (Wildman–Crippen MR) is 122 cm³/mol. The van der Waals surface area contributed by atoms with E-state index in [0.29, 0.717) is 5.69 Å². The molecule has 1 heterocycles. The first-order valence-electron chi connectivity index (χ1n) is 11.1. The molecule has 0 aliphatic carbocycles. The van der Waals surface area contributed by atoms with Gasteiger partial charge in [0.05, 0.1) is 18.8 Å². The molecule has 0 fully saturated rings. The molecule has 0 bridgehead atoms. The Kier molecular flexibility index (Phi) is 12.0. The number of aliphatic carboxylic acids is 3. The third-order valence-electron chi connectivity index (χ3n) is 4.94. The van der Waals surface area contributed by atoms with Gasteiger partial charge in [0.1, 0.15) is 18.1 Å². The molecule has 0 spiro atoms. The fourth-order valence-corrected chi connectivity index (χ4v) is 3.16. The number of nitrogens with two attached hydrogens (primary N) is 1. The molecule has 3 amide bonds. The highest BCUT2D eigenvalue weighted by atomic mass is 16.4. The lowest BCUT2D eigenvalue weighted by atomic mass is 10.0. The molecule has 200 valence electrons. The second-order valence-corrected chi connectivity index (χ2v) is 8.57. The van der Waals surface area contributed by atoms with Crippen LogP contribution in [-0.4, -0.2) is 85.1 Å². The monoisotopic (exact) mass is 512 g/mol. The number of hydrogen-bond acceptors (Lipinski definition) is 8. The van der Waals surface area contributed by atoms with Crippen molar-refractivity contribution < 1.29 is 44.1 Å². The quantitative estimate of drug-likeness (QED) is 0.123. The number of aromatic nitrogens is 2. The summed E-state index contributed by atoms with van der Waals surface area (Å²) in [6.45, 7) is 3.48. The molecule has 1 aromatic heterocycles. The number of carbonyl (C=O) groups excluding carboxylic acids is 3. The number of carboxylic acids is 3. The van der Waals surface area contributed by atoms with Crippen molar-refractivity contribution in [3.8, 4) is 0 Å². The molecule has 0 radical (unpaired) electrons. The summed E-state index contributed by atoms with van der Waals surface area (Å²) in [5.74, 6) is -7.02. The van der Waals surface area contributed by atoms with Crippen molar-refractivity contribution >= 4 is 35.6 Å². The van der Waals surface area contributed by atoms with Crippen LogP contribution >= 0.6 is 0 Å². The summed E-state index contributed by atoms with van der Waals surface area (Å²) in [6.07, 6.45) is 1.09. The Morgan fingerprint density at radius 3 is 2.00 bits per heavy atom. The summed E-state index contributed by atoms with van der Waals surface area (Å²) in [7, 11) is 0. The van der Waals surface area contributed by atoms with Gasteiger partial charge >= 0.3 is 17.9 Å². The molecule has 15 nitrogen and oxygen atoms in total. The lowest BCUT2D eigenvalue weighted by molar-refractivity contribution is -0.144. The first-order chi connectivity index (χ1) is 16.8. The average molecular weight is 513 g/mol. The fourth-order valence-electron chi connectivity index (χ4n) is 3.16. The lowest BCUT2D eigenvalue weighted by Gasteiger charge is -2.25. The van der Waals surface area contributed by atoms with E-state index in [0.717, 1.165) is 0 Å². The first-order valence-corrected chi connectivity index (χ1v) is 11.1. The number of nitrogens with zero attached hydrogens (tertiary/aromatic N) is 1. The molecule has 0 aromatic carbocycles. The van der Waals surface area contributed by atoms with Gasteiger partial charge < -0.3 is 42.0 Å². The molecule has 0 aliphatic rings. The van der Waals surface area contributed by atoms with Gasteiger partial charge in [-0.3, -0.25) is 24.0 Å². The van der Waals surface area contributed by atoms with Gasteiger partial charge in [-0.1, -0.05) is 13.8 Å². The number of aromatic amines is 1. The zero-order valence-electron chi connectivity index (χ0n) is 19.9.